The zero-order valence-corrected chi connectivity index (χ0v) is 19.9. The minimum Gasteiger partial charge on any atom is -0.505 e. The summed E-state index contributed by atoms with van der Waals surface area (Å²) in [6.07, 6.45) is 13.0. The number of aromatic nitrogens is 1. The van der Waals surface area contributed by atoms with Crippen molar-refractivity contribution in [2.75, 3.05) is 6.61 Å². The Labute approximate surface area is 201 Å². The molecule has 0 fully saturated rings. The van der Waals surface area contributed by atoms with E-state index in [0.717, 1.165) is 55.2 Å². The predicted molar refractivity (Wildman–Crippen MR) is 135 cm³/mol. The fourth-order valence-electron chi connectivity index (χ4n) is 3.73. The molecule has 1 aromatic heterocycles. The standard InChI is InChI=1S/C29H33F2NO2/c1-3-4-8-19-34-21(2)9-6-5-7-10-25-16-15-24(20-32-25)22-11-13-23(14-12-22)26-17-18-27(33)29(31)28(26)30/h7,10-18,20-21,33H,3-6,8-9,19H2,1-2H3/b10-7+. The monoisotopic (exact) mass is 465 g/mol. The highest BCUT2D eigenvalue weighted by Crippen LogP contribution is 2.30. The molecule has 0 aliphatic carbocycles. The van der Waals surface area contributed by atoms with E-state index in [1.807, 2.05) is 36.5 Å². The minimum atomic E-state index is -1.24. The van der Waals surface area contributed by atoms with Crippen molar-refractivity contribution in [3.8, 4) is 28.0 Å². The fourth-order valence-corrected chi connectivity index (χ4v) is 3.73. The molecule has 1 heterocycles. The van der Waals surface area contributed by atoms with Gasteiger partial charge in [0.1, 0.15) is 0 Å². The first-order chi connectivity index (χ1) is 16.5. The van der Waals surface area contributed by atoms with Gasteiger partial charge in [-0.25, -0.2) is 4.39 Å². The van der Waals surface area contributed by atoms with Gasteiger partial charge in [-0.1, -0.05) is 56.2 Å². The van der Waals surface area contributed by atoms with Crippen LogP contribution in [0.1, 0.15) is 58.1 Å². The summed E-state index contributed by atoms with van der Waals surface area (Å²) >= 11 is 0. The second-order valence-corrected chi connectivity index (χ2v) is 8.53. The Morgan fingerprint density at radius 2 is 1.65 bits per heavy atom. The Balaban J connectivity index is 1.50. The van der Waals surface area contributed by atoms with Crippen LogP contribution in [0, 0.1) is 11.6 Å². The summed E-state index contributed by atoms with van der Waals surface area (Å²) in [5.41, 5.74) is 3.41. The first-order valence-electron chi connectivity index (χ1n) is 12.0. The van der Waals surface area contributed by atoms with Crippen molar-refractivity contribution in [2.45, 2.75) is 58.5 Å². The molecule has 0 spiro atoms. The van der Waals surface area contributed by atoms with Gasteiger partial charge in [0.2, 0.25) is 5.82 Å². The van der Waals surface area contributed by atoms with Crippen LogP contribution in [0.15, 0.2) is 60.8 Å². The van der Waals surface area contributed by atoms with Gasteiger partial charge < -0.3 is 9.84 Å². The highest BCUT2D eigenvalue weighted by molar-refractivity contribution is 5.71. The summed E-state index contributed by atoms with van der Waals surface area (Å²) in [6, 6.07) is 13.6. The molecule has 0 saturated carbocycles. The number of ether oxygens (including phenoxy) is 1. The lowest BCUT2D eigenvalue weighted by Gasteiger charge is -2.11. The summed E-state index contributed by atoms with van der Waals surface area (Å²) in [6.45, 7) is 5.20. The molecule has 3 rings (SSSR count). The normalized spacial score (nSPS) is 12.4. The van der Waals surface area contributed by atoms with E-state index in [2.05, 4.69) is 24.9 Å². The number of rotatable bonds is 12. The van der Waals surface area contributed by atoms with E-state index in [-0.39, 0.29) is 5.56 Å². The van der Waals surface area contributed by atoms with Crippen LogP contribution in [0.5, 0.6) is 5.75 Å². The molecule has 1 unspecified atom stereocenters. The van der Waals surface area contributed by atoms with E-state index in [1.54, 1.807) is 12.1 Å². The second kappa shape index (κ2) is 13.0. The third-order valence-electron chi connectivity index (χ3n) is 5.80. The molecule has 3 aromatic rings. The lowest BCUT2D eigenvalue weighted by Crippen LogP contribution is -2.08. The Morgan fingerprint density at radius 3 is 2.35 bits per heavy atom. The van der Waals surface area contributed by atoms with Crippen LogP contribution in [0.3, 0.4) is 0 Å². The number of aromatic hydroxyl groups is 1. The Hall–Kier alpha value is -3.05. The van der Waals surface area contributed by atoms with Crippen LogP contribution >= 0.6 is 0 Å². The van der Waals surface area contributed by atoms with Crippen molar-refractivity contribution in [2.24, 2.45) is 0 Å². The van der Waals surface area contributed by atoms with Gasteiger partial charge in [0.05, 0.1) is 11.8 Å². The van der Waals surface area contributed by atoms with Gasteiger partial charge in [0.15, 0.2) is 11.6 Å². The van der Waals surface area contributed by atoms with Crippen LogP contribution < -0.4 is 0 Å². The number of phenols is 1. The number of hydrogen-bond acceptors (Lipinski definition) is 3. The van der Waals surface area contributed by atoms with Crippen molar-refractivity contribution >= 4 is 6.08 Å². The molecule has 0 aliphatic rings. The van der Waals surface area contributed by atoms with E-state index in [0.29, 0.717) is 11.7 Å². The Morgan fingerprint density at radius 1 is 0.912 bits per heavy atom. The summed E-state index contributed by atoms with van der Waals surface area (Å²) in [7, 11) is 0. The van der Waals surface area contributed by atoms with Crippen molar-refractivity contribution in [3.05, 3.63) is 78.1 Å². The molecule has 3 nitrogen and oxygen atoms in total. The maximum atomic E-state index is 14.1. The molecular weight excluding hydrogens is 432 g/mol. The van der Waals surface area contributed by atoms with Gasteiger partial charge >= 0.3 is 0 Å². The van der Waals surface area contributed by atoms with Crippen LogP contribution in [0.25, 0.3) is 28.3 Å². The molecule has 0 amide bonds. The van der Waals surface area contributed by atoms with Crippen LogP contribution in [-0.2, 0) is 4.74 Å². The lowest BCUT2D eigenvalue weighted by atomic mass is 10.0. The van der Waals surface area contributed by atoms with Crippen LogP contribution in [0.2, 0.25) is 0 Å². The molecular formula is C29H33F2NO2. The zero-order chi connectivity index (χ0) is 24.3. The summed E-state index contributed by atoms with van der Waals surface area (Å²) in [5.74, 6) is -2.99. The third kappa shape index (κ3) is 7.22. The molecule has 0 bridgehead atoms. The molecule has 2 aromatic carbocycles. The smallest absolute Gasteiger partial charge is 0.200 e. The lowest BCUT2D eigenvalue weighted by molar-refractivity contribution is 0.0566. The molecule has 0 aliphatic heterocycles. The maximum absolute atomic E-state index is 14.1. The average molecular weight is 466 g/mol. The van der Waals surface area contributed by atoms with Crippen LogP contribution in [-0.4, -0.2) is 22.8 Å². The van der Waals surface area contributed by atoms with Crippen molar-refractivity contribution < 1.29 is 18.6 Å². The van der Waals surface area contributed by atoms with Gasteiger partial charge in [-0.05, 0) is 68.0 Å². The number of phenolic OH excluding ortho intramolecular Hbond substituents is 1. The Bertz CT molecular complexity index is 1060. The topological polar surface area (TPSA) is 42.4 Å². The predicted octanol–water partition coefficient (Wildman–Crippen LogP) is 8.18. The van der Waals surface area contributed by atoms with E-state index in [4.69, 9.17) is 4.74 Å². The first-order valence-corrected chi connectivity index (χ1v) is 12.0. The van der Waals surface area contributed by atoms with Crippen molar-refractivity contribution in [1.29, 1.82) is 0 Å². The van der Waals surface area contributed by atoms with Gasteiger partial charge in [0.25, 0.3) is 0 Å². The molecule has 34 heavy (non-hydrogen) atoms. The number of hydrogen-bond donors (Lipinski definition) is 1. The van der Waals surface area contributed by atoms with Gasteiger partial charge in [-0.3, -0.25) is 4.98 Å². The number of halogens is 2. The average Bonchev–Trinajstić information content (AvgIpc) is 2.86. The summed E-state index contributed by atoms with van der Waals surface area (Å²) in [5, 5.41) is 9.30. The maximum Gasteiger partial charge on any atom is 0.200 e. The number of allylic oxidation sites excluding steroid dienone is 1. The summed E-state index contributed by atoms with van der Waals surface area (Å²) < 4.78 is 33.6. The quantitative estimate of drug-likeness (QED) is 0.274. The van der Waals surface area contributed by atoms with E-state index < -0.39 is 17.4 Å². The largest absolute Gasteiger partial charge is 0.505 e. The molecule has 180 valence electrons. The number of nitrogens with zero attached hydrogens (tertiary/aromatic N) is 1. The SMILES string of the molecule is CCCCCOC(C)CCC/C=C/c1ccc(-c2ccc(-c3ccc(O)c(F)c3F)cc2)cn1. The fraction of sp³-hybridized carbons (Fsp3) is 0.345. The molecule has 1 N–H and O–H groups in total. The zero-order valence-electron chi connectivity index (χ0n) is 19.9. The van der Waals surface area contributed by atoms with Gasteiger partial charge in [-0.2, -0.15) is 4.39 Å². The van der Waals surface area contributed by atoms with Gasteiger partial charge in [0, 0.05) is 23.9 Å². The molecule has 1 atom stereocenters. The van der Waals surface area contributed by atoms with Crippen molar-refractivity contribution in [1.82, 2.24) is 4.98 Å². The van der Waals surface area contributed by atoms with E-state index in [9.17, 15) is 13.9 Å². The van der Waals surface area contributed by atoms with E-state index >= 15 is 0 Å². The highest BCUT2D eigenvalue weighted by Gasteiger charge is 2.14. The second-order valence-electron chi connectivity index (χ2n) is 8.53. The molecule has 5 heteroatoms. The minimum absolute atomic E-state index is 0.109. The molecule has 0 saturated heterocycles. The molecule has 0 radical (unpaired) electrons. The number of benzene rings is 2. The first kappa shape index (κ1) is 25.6. The van der Waals surface area contributed by atoms with Gasteiger partial charge in [-0.15, -0.1) is 0 Å². The van der Waals surface area contributed by atoms with Crippen molar-refractivity contribution in [3.63, 3.8) is 0 Å². The summed E-state index contributed by atoms with van der Waals surface area (Å²) in [4.78, 5) is 4.51. The van der Waals surface area contributed by atoms with Crippen LogP contribution in [0.4, 0.5) is 8.78 Å². The van der Waals surface area contributed by atoms with E-state index in [1.165, 1.54) is 18.9 Å². The highest BCUT2D eigenvalue weighted by atomic mass is 19.2. The third-order valence-corrected chi connectivity index (χ3v) is 5.80. The number of pyridine rings is 1. The number of unbranched alkanes of at least 4 members (excludes halogenated alkanes) is 3. The Kier molecular flexibility index (Phi) is 9.77.